The molecule has 1 atom stereocenters. The van der Waals surface area contributed by atoms with Gasteiger partial charge in [-0.1, -0.05) is 42.5 Å². The number of benzene rings is 2. The number of carbonyl (C=O) groups excluding carboxylic acids is 1. The Morgan fingerprint density at radius 2 is 1.88 bits per heavy atom. The van der Waals surface area contributed by atoms with Crippen LogP contribution < -0.4 is 5.32 Å². The summed E-state index contributed by atoms with van der Waals surface area (Å²) in [7, 11) is 0. The highest BCUT2D eigenvalue weighted by Crippen LogP contribution is 2.33. The second-order valence-electron chi connectivity index (χ2n) is 6.45. The third-order valence-electron chi connectivity index (χ3n) is 4.86. The molecule has 0 fully saturated rings. The lowest BCUT2D eigenvalue weighted by atomic mass is 10.1. The molecule has 2 N–H and O–H groups in total. The van der Waals surface area contributed by atoms with Crippen molar-refractivity contribution in [1.29, 1.82) is 0 Å². The minimum atomic E-state index is -0.545. The quantitative estimate of drug-likeness (QED) is 0.751. The van der Waals surface area contributed by atoms with Gasteiger partial charge in [-0.3, -0.25) is 14.8 Å². The van der Waals surface area contributed by atoms with Gasteiger partial charge in [-0.2, -0.15) is 5.10 Å². The van der Waals surface area contributed by atoms with Gasteiger partial charge in [0.2, 0.25) is 0 Å². The SMILES string of the molecule is CC(c1ccccc1)N1Cc2[nH]nc(NC(=O)c3ccccc3F)c2C1. The Kier molecular flexibility index (Phi) is 4.26. The van der Waals surface area contributed by atoms with Crippen molar-refractivity contribution in [3.05, 3.63) is 82.8 Å². The number of aromatic amines is 1. The van der Waals surface area contributed by atoms with E-state index in [1.165, 1.54) is 17.7 Å². The number of aromatic nitrogens is 2. The first kappa shape index (κ1) is 16.5. The van der Waals surface area contributed by atoms with Crippen LogP contribution in [0.15, 0.2) is 54.6 Å². The second-order valence-corrected chi connectivity index (χ2v) is 6.45. The van der Waals surface area contributed by atoms with E-state index in [4.69, 9.17) is 0 Å². The molecule has 0 saturated carbocycles. The summed E-state index contributed by atoms with van der Waals surface area (Å²) in [6.07, 6.45) is 0. The second kappa shape index (κ2) is 6.72. The lowest BCUT2D eigenvalue weighted by molar-refractivity contribution is 0.102. The van der Waals surface area contributed by atoms with Crippen molar-refractivity contribution < 1.29 is 9.18 Å². The minimum absolute atomic E-state index is 0.0109. The fourth-order valence-electron chi connectivity index (χ4n) is 3.30. The lowest BCUT2D eigenvalue weighted by Crippen LogP contribution is -2.22. The van der Waals surface area contributed by atoms with Crippen molar-refractivity contribution >= 4 is 11.7 Å². The van der Waals surface area contributed by atoms with E-state index >= 15 is 0 Å². The molecule has 6 heteroatoms. The van der Waals surface area contributed by atoms with E-state index < -0.39 is 11.7 Å². The summed E-state index contributed by atoms with van der Waals surface area (Å²) < 4.78 is 13.8. The topological polar surface area (TPSA) is 61.0 Å². The molecule has 3 aromatic rings. The Labute approximate surface area is 150 Å². The molecule has 0 saturated heterocycles. The Morgan fingerprint density at radius 1 is 1.15 bits per heavy atom. The third kappa shape index (κ3) is 2.99. The van der Waals surface area contributed by atoms with Crippen molar-refractivity contribution in [3.63, 3.8) is 0 Å². The number of carbonyl (C=O) groups is 1. The number of hydrogen-bond donors (Lipinski definition) is 2. The zero-order chi connectivity index (χ0) is 18.1. The molecule has 5 nitrogen and oxygen atoms in total. The smallest absolute Gasteiger partial charge is 0.259 e. The third-order valence-corrected chi connectivity index (χ3v) is 4.86. The zero-order valence-corrected chi connectivity index (χ0v) is 14.4. The number of hydrogen-bond acceptors (Lipinski definition) is 3. The molecule has 2 aromatic carbocycles. The molecule has 1 unspecified atom stereocenters. The molecule has 1 aliphatic heterocycles. The van der Waals surface area contributed by atoms with Crippen LogP contribution in [0.2, 0.25) is 0 Å². The van der Waals surface area contributed by atoms with E-state index in [1.54, 1.807) is 12.1 Å². The summed E-state index contributed by atoms with van der Waals surface area (Å²) in [5.41, 5.74) is 3.19. The molecule has 26 heavy (non-hydrogen) atoms. The van der Waals surface area contributed by atoms with Gasteiger partial charge in [-0.05, 0) is 24.6 Å². The van der Waals surface area contributed by atoms with Gasteiger partial charge in [-0.15, -0.1) is 0 Å². The average Bonchev–Trinajstić information content (AvgIpc) is 3.24. The van der Waals surface area contributed by atoms with Crippen LogP contribution in [0.25, 0.3) is 0 Å². The fourth-order valence-corrected chi connectivity index (χ4v) is 3.30. The van der Waals surface area contributed by atoms with Crippen LogP contribution in [0.1, 0.15) is 40.1 Å². The van der Waals surface area contributed by atoms with Gasteiger partial charge in [0.05, 0.1) is 11.3 Å². The van der Waals surface area contributed by atoms with Gasteiger partial charge in [0.25, 0.3) is 5.91 Å². The largest absolute Gasteiger partial charge is 0.305 e. The maximum Gasteiger partial charge on any atom is 0.259 e. The molecule has 0 spiro atoms. The first-order chi connectivity index (χ1) is 12.6. The molecule has 0 aliphatic carbocycles. The van der Waals surface area contributed by atoms with Gasteiger partial charge in [-0.25, -0.2) is 4.39 Å². The number of H-pyrrole nitrogens is 1. The number of nitrogens with zero attached hydrogens (tertiary/aromatic N) is 2. The van der Waals surface area contributed by atoms with E-state index in [2.05, 4.69) is 39.5 Å². The molecule has 1 amide bonds. The Bertz CT molecular complexity index is 938. The van der Waals surface area contributed by atoms with Crippen LogP contribution in [0.4, 0.5) is 10.2 Å². The van der Waals surface area contributed by atoms with Gasteiger partial charge in [0, 0.05) is 24.7 Å². The normalized spacial score (nSPS) is 14.8. The van der Waals surface area contributed by atoms with E-state index in [-0.39, 0.29) is 11.6 Å². The van der Waals surface area contributed by atoms with E-state index in [0.717, 1.165) is 17.8 Å². The molecule has 132 valence electrons. The summed E-state index contributed by atoms with van der Waals surface area (Å²) in [5, 5.41) is 9.92. The minimum Gasteiger partial charge on any atom is -0.305 e. The first-order valence-corrected chi connectivity index (χ1v) is 8.54. The number of rotatable bonds is 4. The highest BCUT2D eigenvalue weighted by atomic mass is 19.1. The fraction of sp³-hybridized carbons (Fsp3) is 0.200. The highest BCUT2D eigenvalue weighted by Gasteiger charge is 2.29. The predicted molar refractivity (Wildman–Crippen MR) is 97.0 cm³/mol. The van der Waals surface area contributed by atoms with Crippen LogP contribution in [0.5, 0.6) is 0 Å². The zero-order valence-electron chi connectivity index (χ0n) is 14.4. The number of nitrogens with one attached hydrogen (secondary N) is 2. The van der Waals surface area contributed by atoms with Gasteiger partial charge >= 0.3 is 0 Å². The monoisotopic (exact) mass is 350 g/mol. The summed E-state index contributed by atoms with van der Waals surface area (Å²) >= 11 is 0. The number of halogens is 1. The molecule has 0 bridgehead atoms. The number of fused-ring (bicyclic) bond motifs is 1. The summed E-state index contributed by atoms with van der Waals surface area (Å²) in [6, 6.07) is 16.4. The van der Waals surface area contributed by atoms with Crippen molar-refractivity contribution in [2.75, 3.05) is 5.32 Å². The van der Waals surface area contributed by atoms with Crippen molar-refractivity contribution in [1.82, 2.24) is 15.1 Å². The highest BCUT2D eigenvalue weighted by molar-refractivity contribution is 6.04. The number of amides is 1. The maximum atomic E-state index is 13.8. The van der Waals surface area contributed by atoms with Crippen LogP contribution in [0.3, 0.4) is 0 Å². The van der Waals surface area contributed by atoms with Gasteiger partial charge in [0.15, 0.2) is 5.82 Å². The maximum absolute atomic E-state index is 13.8. The molecule has 0 radical (unpaired) electrons. The Morgan fingerprint density at radius 3 is 2.65 bits per heavy atom. The standard InChI is InChI=1S/C20H19FN4O/c1-13(14-7-3-2-4-8-14)25-11-16-18(12-25)23-24-19(16)22-20(26)15-9-5-6-10-17(15)21/h2-10,13H,11-12H2,1H3,(H2,22,23,24,26). The lowest BCUT2D eigenvalue weighted by Gasteiger charge is -2.24. The Hall–Kier alpha value is -2.99. The van der Waals surface area contributed by atoms with Crippen LogP contribution in [-0.2, 0) is 13.1 Å². The Balaban J connectivity index is 1.50. The van der Waals surface area contributed by atoms with Gasteiger partial charge < -0.3 is 5.32 Å². The van der Waals surface area contributed by atoms with E-state index in [9.17, 15) is 9.18 Å². The van der Waals surface area contributed by atoms with Crippen LogP contribution >= 0.6 is 0 Å². The van der Waals surface area contributed by atoms with Crippen molar-refractivity contribution in [2.24, 2.45) is 0 Å². The predicted octanol–water partition coefficient (Wildman–Crippen LogP) is 3.88. The number of anilines is 1. The van der Waals surface area contributed by atoms with E-state index in [0.29, 0.717) is 12.4 Å². The summed E-state index contributed by atoms with van der Waals surface area (Å²) in [5.74, 6) is -0.570. The van der Waals surface area contributed by atoms with Crippen LogP contribution in [-0.4, -0.2) is 21.0 Å². The van der Waals surface area contributed by atoms with Crippen molar-refractivity contribution in [3.8, 4) is 0 Å². The molecule has 1 aromatic heterocycles. The van der Waals surface area contributed by atoms with Crippen LogP contribution in [0, 0.1) is 5.82 Å². The molecule has 4 rings (SSSR count). The molecule has 2 heterocycles. The van der Waals surface area contributed by atoms with E-state index in [1.807, 2.05) is 18.2 Å². The molecular weight excluding hydrogens is 331 g/mol. The van der Waals surface area contributed by atoms with Gasteiger partial charge in [0.1, 0.15) is 5.82 Å². The average molecular weight is 350 g/mol. The summed E-state index contributed by atoms with van der Waals surface area (Å²) in [6.45, 7) is 3.56. The molecular formula is C20H19FN4O. The molecule has 1 aliphatic rings. The first-order valence-electron chi connectivity index (χ1n) is 8.54. The summed E-state index contributed by atoms with van der Waals surface area (Å²) in [4.78, 5) is 14.7. The van der Waals surface area contributed by atoms with Crippen molar-refractivity contribution in [2.45, 2.75) is 26.1 Å².